The largest absolute Gasteiger partial charge is 0.495 e. The number of aryl methyl sites for hydroxylation is 1. The van der Waals surface area contributed by atoms with Crippen molar-refractivity contribution in [2.24, 2.45) is 10.2 Å². The first-order chi connectivity index (χ1) is 18.6. The fourth-order valence-electron chi connectivity index (χ4n) is 3.70. The highest BCUT2D eigenvalue weighted by molar-refractivity contribution is 7.21. The molecule has 12 heteroatoms. The summed E-state index contributed by atoms with van der Waals surface area (Å²) >= 11 is 1.45. The number of fused-ring (bicyclic) bond motifs is 1. The van der Waals surface area contributed by atoms with Crippen molar-refractivity contribution in [3.05, 3.63) is 41.5 Å². The SMILES string of the molecule is COc1cc(N=Nc2nc3c(C)cccc3s2)c(CO)cc1N(CCOCCO)CCOCCOCCO. The molecular weight excluding hydrogens is 512 g/mol. The molecule has 1 aromatic heterocycles. The monoisotopic (exact) mass is 548 g/mol. The van der Waals surface area contributed by atoms with Gasteiger partial charge in [-0.05, 0) is 24.6 Å². The molecule has 3 rings (SSSR count). The van der Waals surface area contributed by atoms with Crippen LogP contribution in [0.3, 0.4) is 0 Å². The van der Waals surface area contributed by atoms with E-state index in [9.17, 15) is 5.11 Å². The number of para-hydroxylation sites is 1. The minimum atomic E-state index is -0.238. The number of hydrogen-bond acceptors (Lipinski definition) is 12. The van der Waals surface area contributed by atoms with Gasteiger partial charge in [0.05, 0.1) is 88.2 Å². The van der Waals surface area contributed by atoms with E-state index in [0.717, 1.165) is 21.5 Å². The number of thiazole rings is 1. The Balaban J connectivity index is 1.78. The lowest BCUT2D eigenvalue weighted by Gasteiger charge is -2.27. The van der Waals surface area contributed by atoms with Crippen LogP contribution in [0.4, 0.5) is 16.5 Å². The van der Waals surface area contributed by atoms with Crippen LogP contribution in [0, 0.1) is 6.92 Å². The van der Waals surface area contributed by atoms with E-state index in [1.807, 2.05) is 36.1 Å². The van der Waals surface area contributed by atoms with Gasteiger partial charge in [-0.1, -0.05) is 23.5 Å². The molecule has 0 unspecified atom stereocenters. The summed E-state index contributed by atoms with van der Waals surface area (Å²) in [5, 5.41) is 37.2. The molecule has 0 aliphatic carbocycles. The van der Waals surface area contributed by atoms with Crippen LogP contribution in [0.25, 0.3) is 10.2 Å². The Kier molecular flexibility index (Phi) is 12.8. The number of anilines is 1. The first kappa shape index (κ1) is 29.8. The standard InChI is InChI=1S/C26H36N4O7S/c1-19-4-3-5-24-25(19)27-26(38-24)29-28-21-17-23(34-2)22(16-20(21)18-33)30(6-10-35-12-8-31)7-11-36-14-15-37-13-9-32/h3-5,16-17,31-33H,6-15,18H2,1-2H3. The Morgan fingerprint density at radius 2 is 1.58 bits per heavy atom. The van der Waals surface area contributed by atoms with Crippen LogP contribution in [-0.2, 0) is 20.8 Å². The number of hydrogen-bond donors (Lipinski definition) is 3. The molecule has 11 nitrogen and oxygen atoms in total. The summed E-state index contributed by atoms with van der Waals surface area (Å²) in [5.74, 6) is 0.560. The first-order valence-corrected chi connectivity index (χ1v) is 13.2. The number of methoxy groups -OCH3 is 1. The van der Waals surface area contributed by atoms with Crippen LogP contribution in [0.5, 0.6) is 5.75 Å². The molecule has 3 aromatic rings. The predicted octanol–water partition coefficient (Wildman–Crippen LogP) is 3.36. The minimum absolute atomic E-state index is 0.0234. The number of ether oxygens (including phenoxy) is 4. The van der Waals surface area contributed by atoms with E-state index < -0.39 is 0 Å². The summed E-state index contributed by atoms with van der Waals surface area (Å²) in [5.41, 5.74) is 3.80. The van der Waals surface area contributed by atoms with E-state index in [1.165, 1.54) is 11.3 Å². The second kappa shape index (κ2) is 16.3. The fourth-order valence-corrected chi connectivity index (χ4v) is 4.57. The Morgan fingerprint density at radius 1 is 0.895 bits per heavy atom. The molecular formula is C26H36N4O7S. The van der Waals surface area contributed by atoms with E-state index >= 15 is 0 Å². The van der Waals surface area contributed by atoms with E-state index in [4.69, 9.17) is 29.2 Å². The Hall–Kier alpha value is -2.71. The smallest absolute Gasteiger partial charge is 0.231 e. The molecule has 0 bridgehead atoms. The van der Waals surface area contributed by atoms with Crippen molar-refractivity contribution in [1.29, 1.82) is 0 Å². The number of benzene rings is 2. The average Bonchev–Trinajstić information content (AvgIpc) is 3.36. The molecule has 208 valence electrons. The fraction of sp³-hybridized carbons (Fsp3) is 0.500. The quantitative estimate of drug-likeness (QED) is 0.161. The topological polar surface area (TPSA) is 138 Å². The zero-order valence-electron chi connectivity index (χ0n) is 21.8. The first-order valence-electron chi connectivity index (χ1n) is 12.4. The number of rotatable bonds is 18. The van der Waals surface area contributed by atoms with Gasteiger partial charge in [-0.2, -0.15) is 0 Å². The summed E-state index contributed by atoms with van der Waals surface area (Å²) in [7, 11) is 1.57. The third-order valence-electron chi connectivity index (χ3n) is 5.60. The third kappa shape index (κ3) is 8.67. The molecule has 0 atom stereocenters. The maximum atomic E-state index is 10.1. The van der Waals surface area contributed by atoms with Gasteiger partial charge in [-0.25, -0.2) is 4.98 Å². The van der Waals surface area contributed by atoms with E-state index in [0.29, 0.717) is 61.6 Å². The van der Waals surface area contributed by atoms with Gasteiger partial charge in [-0.3, -0.25) is 0 Å². The maximum absolute atomic E-state index is 10.1. The van der Waals surface area contributed by atoms with Crippen molar-refractivity contribution in [1.82, 2.24) is 4.98 Å². The maximum Gasteiger partial charge on any atom is 0.231 e. The molecule has 0 aliphatic rings. The second-order valence-electron chi connectivity index (χ2n) is 8.20. The lowest BCUT2D eigenvalue weighted by atomic mass is 10.1. The zero-order valence-corrected chi connectivity index (χ0v) is 22.7. The van der Waals surface area contributed by atoms with E-state index in [2.05, 4.69) is 15.2 Å². The van der Waals surface area contributed by atoms with E-state index in [-0.39, 0.29) is 33.0 Å². The highest BCUT2D eigenvalue weighted by Crippen LogP contribution is 2.37. The van der Waals surface area contributed by atoms with Gasteiger partial charge in [0.2, 0.25) is 5.13 Å². The Bertz CT molecular complexity index is 1160. The van der Waals surface area contributed by atoms with Gasteiger partial charge in [-0.15, -0.1) is 10.2 Å². The van der Waals surface area contributed by atoms with E-state index in [1.54, 1.807) is 13.2 Å². The molecule has 1 heterocycles. The van der Waals surface area contributed by atoms with Gasteiger partial charge >= 0.3 is 0 Å². The van der Waals surface area contributed by atoms with Crippen molar-refractivity contribution in [2.75, 3.05) is 78.0 Å². The molecule has 3 N–H and O–H groups in total. The predicted molar refractivity (Wildman–Crippen MR) is 146 cm³/mol. The van der Waals surface area contributed by atoms with Crippen LogP contribution in [0.15, 0.2) is 40.6 Å². The van der Waals surface area contributed by atoms with Gasteiger partial charge in [0.15, 0.2) is 0 Å². The molecule has 0 aliphatic heterocycles. The van der Waals surface area contributed by atoms with Crippen molar-refractivity contribution >= 4 is 38.1 Å². The lowest BCUT2D eigenvalue weighted by molar-refractivity contribution is 0.0347. The van der Waals surface area contributed by atoms with Gasteiger partial charge in [0, 0.05) is 24.7 Å². The molecule has 2 aromatic carbocycles. The number of aliphatic hydroxyl groups is 3. The second-order valence-corrected chi connectivity index (χ2v) is 9.21. The van der Waals surface area contributed by atoms with Crippen molar-refractivity contribution in [3.8, 4) is 5.75 Å². The molecule has 0 fully saturated rings. The van der Waals surface area contributed by atoms with Crippen LogP contribution >= 0.6 is 11.3 Å². The van der Waals surface area contributed by atoms with Gasteiger partial charge < -0.3 is 39.2 Å². The zero-order chi connectivity index (χ0) is 27.2. The van der Waals surface area contributed by atoms with Crippen LogP contribution < -0.4 is 9.64 Å². The number of azo groups is 1. The number of aliphatic hydroxyl groups excluding tert-OH is 3. The van der Waals surface area contributed by atoms with Crippen LogP contribution in [0.2, 0.25) is 0 Å². The summed E-state index contributed by atoms with van der Waals surface area (Å²) in [6.45, 7) is 4.85. The third-order valence-corrected chi connectivity index (χ3v) is 6.50. The van der Waals surface area contributed by atoms with Crippen molar-refractivity contribution in [3.63, 3.8) is 0 Å². The average molecular weight is 549 g/mol. The molecule has 38 heavy (non-hydrogen) atoms. The van der Waals surface area contributed by atoms with Crippen LogP contribution in [0.1, 0.15) is 11.1 Å². The molecule has 0 radical (unpaired) electrons. The molecule has 0 amide bonds. The molecule has 0 saturated carbocycles. The summed E-state index contributed by atoms with van der Waals surface area (Å²) in [4.78, 5) is 6.60. The van der Waals surface area contributed by atoms with Gasteiger partial charge in [0.25, 0.3) is 0 Å². The Labute approximate surface area is 226 Å². The van der Waals surface area contributed by atoms with Crippen molar-refractivity contribution < 1.29 is 34.3 Å². The normalized spacial score (nSPS) is 11.6. The highest BCUT2D eigenvalue weighted by Gasteiger charge is 2.17. The highest BCUT2D eigenvalue weighted by atomic mass is 32.1. The van der Waals surface area contributed by atoms with Crippen LogP contribution in [-0.4, -0.2) is 93.4 Å². The van der Waals surface area contributed by atoms with Gasteiger partial charge in [0.1, 0.15) is 5.75 Å². The lowest BCUT2D eigenvalue weighted by Crippen LogP contribution is -2.32. The number of aromatic nitrogens is 1. The minimum Gasteiger partial charge on any atom is -0.495 e. The summed E-state index contributed by atoms with van der Waals surface area (Å²) in [6.07, 6.45) is 0. The molecule has 0 spiro atoms. The van der Waals surface area contributed by atoms with Crippen molar-refractivity contribution in [2.45, 2.75) is 13.5 Å². The summed E-state index contributed by atoms with van der Waals surface area (Å²) < 4.78 is 23.1. The summed E-state index contributed by atoms with van der Waals surface area (Å²) in [6, 6.07) is 9.56. The number of nitrogens with zero attached hydrogens (tertiary/aromatic N) is 4. The molecule has 0 saturated heterocycles. The Morgan fingerprint density at radius 3 is 2.21 bits per heavy atom.